The standard InChI is InChI=1S/C13H13BrF3NO/c1-8(7-18(2)3)12(19)10-5-4-9(14)6-11(10)13(15,16)17/h4-7H,1-3H3. The van der Waals surface area contributed by atoms with Gasteiger partial charge in [0.15, 0.2) is 5.78 Å². The quantitative estimate of drug-likeness (QED) is 0.611. The van der Waals surface area contributed by atoms with Gasteiger partial charge in [-0.15, -0.1) is 0 Å². The number of benzene rings is 1. The molecule has 0 bridgehead atoms. The molecular formula is C13H13BrF3NO. The third-order valence-electron chi connectivity index (χ3n) is 2.34. The van der Waals surface area contributed by atoms with Gasteiger partial charge >= 0.3 is 6.18 Å². The molecule has 0 fully saturated rings. The number of nitrogens with zero attached hydrogens (tertiary/aromatic N) is 1. The number of carbonyl (C=O) groups is 1. The number of ketones is 1. The highest BCUT2D eigenvalue weighted by atomic mass is 79.9. The second-order valence-corrected chi connectivity index (χ2v) is 5.21. The summed E-state index contributed by atoms with van der Waals surface area (Å²) in [7, 11) is 3.39. The molecular weight excluding hydrogens is 323 g/mol. The largest absolute Gasteiger partial charge is 0.417 e. The van der Waals surface area contributed by atoms with E-state index in [1.165, 1.54) is 25.3 Å². The fraction of sp³-hybridized carbons (Fsp3) is 0.308. The van der Waals surface area contributed by atoms with Gasteiger partial charge in [-0.3, -0.25) is 4.79 Å². The lowest BCUT2D eigenvalue weighted by Crippen LogP contribution is -2.15. The molecule has 0 amide bonds. The average Bonchev–Trinajstić information content (AvgIpc) is 2.25. The molecule has 2 nitrogen and oxygen atoms in total. The van der Waals surface area contributed by atoms with E-state index in [9.17, 15) is 18.0 Å². The zero-order valence-corrected chi connectivity index (χ0v) is 12.3. The molecule has 1 aromatic carbocycles. The molecule has 0 unspecified atom stereocenters. The van der Waals surface area contributed by atoms with Crippen molar-refractivity contribution in [2.75, 3.05) is 14.1 Å². The fourth-order valence-electron chi connectivity index (χ4n) is 1.61. The minimum Gasteiger partial charge on any atom is -0.383 e. The molecule has 0 saturated carbocycles. The fourth-order valence-corrected chi connectivity index (χ4v) is 1.97. The van der Waals surface area contributed by atoms with Gasteiger partial charge in [-0.2, -0.15) is 13.2 Å². The van der Waals surface area contributed by atoms with Crippen LogP contribution in [0, 0.1) is 0 Å². The van der Waals surface area contributed by atoms with E-state index in [2.05, 4.69) is 15.9 Å². The minimum absolute atomic E-state index is 0.248. The first-order valence-electron chi connectivity index (χ1n) is 5.39. The lowest BCUT2D eigenvalue weighted by atomic mass is 9.99. The van der Waals surface area contributed by atoms with Crippen LogP contribution in [0.5, 0.6) is 0 Å². The molecule has 0 saturated heterocycles. The molecule has 104 valence electrons. The van der Waals surface area contributed by atoms with E-state index >= 15 is 0 Å². The Labute approximate surface area is 118 Å². The second-order valence-electron chi connectivity index (χ2n) is 4.29. The van der Waals surface area contributed by atoms with Crippen LogP contribution < -0.4 is 0 Å². The van der Waals surface area contributed by atoms with Gasteiger partial charge in [0.2, 0.25) is 0 Å². The monoisotopic (exact) mass is 335 g/mol. The van der Waals surface area contributed by atoms with Gasteiger partial charge in [0.1, 0.15) is 0 Å². The van der Waals surface area contributed by atoms with Gasteiger partial charge in [-0.05, 0) is 25.1 Å². The highest BCUT2D eigenvalue weighted by Gasteiger charge is 2.35. The summed E-state index contributed by atoms with van der Waals surface area (Å²) >= 11 is 2.98. The van der Waals surface area contributed by atoms with Crippen LogP contribution in [-0.2, 0) is 6.18 Å². The van der Waals surface area contributed by atoms with Crippen molar-refractivity contribution < 1.29 is 18.0 Å². The molecule has 0 aliphatic rings. The van der Waals surface area contributed by atoms with Gasteiger partial charge in [0.05, 0.1) is 5.56 Å². The van der Waals surface area contributed by atoms with E-state index in [-0.39, 0.29) is 15.6 Å². The molecule has 0 aromatic heterocycles. The number of Topliss-reactive ketones (excluding diaryl/α,β-unsaturated/α-hetero) is 1. The summed E-state index contributed by atoms with van der Waals surface area (Å²) in [5, 5.41) is 0. The Morgan fingerprint density at radius 1 is 1.32 bits per heavy atom. The van der Waals surface area contributed by atoms with Gasteiger partial charge in [0, 0.05) is 35.9 Å². The van der Waals surface area contributed by atoms with Crippen LogP contribution in [0.2, 0.25) is 0 Å². The molecule has 0 atom stereocenters. The van der Waals surface area contributed by atoms with Gasteiger partial charge < -0.3 is 4.90 Å². The van der Waals surface area contributed by atoms with Crippen LogP contribution in [0.15, 0.2) is 34.4 Å². The summed E-state index contributed by atoms with van der Waals surface area (Å²) in [6, 6.07) is 3.52. The average molecular weight is 336 g/mol. The number of alkyl halides is 3. The molecule has 0 aliphatic heterocycles. The number of carbonyl (C=O) groups excluding carboxylic acids is 1. The lowest BCUT2D eigenvalue weighted by Gasteiger charge is -2.13. The van der Waals surface area contributed by atoms with Crippen LogP contribution in [-0.4, -0.2) is 24.8 Å². The zero-order valence-electron chi connectivity index (χ0n) is 10.7. The summed E-state index contributed by atoms with van der Waals surface area (Å²) in [4.78, 5) is 13.7. The lowest BCUT2D eigenvalue weighted by molar-refractivity contribution is -0.137. The number of halogens is 4. The van der Waals surface area contributed by atoms with Crippen molar-refractivity contribution in [3.63, 3.8) is 0 Å². The topological polar surface area (TPSA) is 20.3 Å². The number of allylic oxidation sites excluding steroid dienone is 1. The highest BCUT2D eigenvalue weighted by Crippen LogP contribution is 2.34. The number of hydrogen-bond acceptors (Lipinski definition) is 2. The van der Waals surface area contributed by atoms with Crippen LogP contribution in [0.4, 0.5) is 13.2 Å². The Kier molecular flexibility index (Phi) is 4.79. The van der Waals surface area contributed by atoms with Crippen molar-refractivity contribution in [3.05, 3.63) is 45.6 Å². The third kappa shape index (κ3) is 4.09. The molecule has 1 aromatic rings. The van der Waals surface area contributed by atoms with Crippen molar-refractivity contribution in [2.24, 2.45) is 0 Å². The smallest absolute Gasteiger partial charge is 0.383 e. The first-order valence-corrected chi connectivity index (χ1v) is 6.18. The molecule has 0 aliphatic carbocycles. The van der Waals surface area contributed by atoms with Gasteiger partial charge in [-0.1, -0.05) is 15.9 Å². The minimum atomic E-state index is -4.56. The third-order valence-corrected chi connectivity index (χ3v) is 2.83. The van der Waals surface area contributed by atoms with E-state index in [1.54, 1.807) is 19.0 Å². The summed E-state index contributed by atoms with van der Waals surface area (Å²) < 4.78 is 39.0. The Morgan fingerprint density at radius 3 is 2.37 bits per heavy atom. The maximum Gasteiger partial charge on any atom is 0.417 e. The summed E-state index contributed by atoms with van der Waals surface area (Å²) in [6.45, 7) is 1.49. The van der Waals surface area contributed by atoms with E-state index < -0.39 is 17.5 Å². The molecule has 0 spiro atoms. The van der Waals surface area contributed by atoms with Crippen molar-refractivity contribution in [1.29, 1.82) is 0 Å². The first kappa shape index (κ1) is 15.8. The normalized spacial score (nSPS) is 12.5. The van der Waals surface area contributed by atoms with E-state index in [0.717, 1.165) is 6.07 Å². The molecule has 0 radical (unpaired) electrons. The highest BCUT2D eigenvalue weighted by molar-refractivity contribution is 9.10. The Balaban J connectivity index is 3.32. The predicted molar refractivity (Wildman–Crippen MR) is 70.9 cm³/mol. The maximum absolute atomic E-state index is 12.9. The van der Waals surface area contributed by atoms with Crippen LogP contribution in [0.3, 0.4) is 0 Å². The molecule has 0 N–H and O–H groups in total. The zero-order chi connectivity index (χ0) is 14.8. The van der Waals surface area contributed by atoms with Crippen LogP contribution >= 0.6 is 15.9 Å². The summed E-state index contributed by atoms with van der Waals surface area (Å²) in [5.74, 6) is -0.631. The number of rotatable bonds is 3. The van der Waals surface area contributed by atoms with E-state index in [0.29, 0.717) is 0 Å². The first-order chi connectivity index (χ1) is 8.62. The molecule has 1 rings (SSSR count). The SMILES string of the molecule is CC(=CN(C)C)C(=O)c1ccc(Br)cc1C(F)(F)F. The Bertz CT molecular complexity index is 521. The number of hydrogen-bond donors (Lipinski definition) is 0. The Hall–Kier alpha value is -1.30. The molecule has 19 heavy (non-hydrogen) atoms. The van der Waals surface area contributed by atoms with Crippen molar-refractivity contribution >= 4 is 21.7 Å². The van der Waals surface area contributed by atoms with Gasteiger partial charge in [0.25, 0.3) is 0 Å². The van der Waals surface area contributed by atoms with Crippen molar-refractivity contribution in [2.45, 2.75) is 13.1 Å². The van der Waals surface area contributed by atoms with Gasteiger partial charge in [-0.25, -0.2) is 0 Å². The maximum atomic E-state index is 12.9. The predicted octanol–water partition coefficient (Wildman–Crippen LogP) is 4.12. The summed E-state index contributed by atoms with van der Waals surface area (Å²) in [5.41, 5.74) is -1.03. The second kappa shape index (κ2) is 5.77. The molecule has 0 heterocycles. The van der Waals surface area contributed by atoms with Crippen molar-refractivity contribution in [3.8, 4) is 0 Å². The Morgan fingerprint density at radius 2 is 1.89 bits per heavy atom. The van der Waals surface area contributed by atoms with E-state index in [4.69, 9.17) is 0 Å². The summed E-state index contributed by atoms with van der Waals surface area (Å²) in [6.07, 6.45) is -3.07. The van der Waals surface area contributed by atoms with E-state index in [1.807, 2.05) is 0 Å². The van der Waals surface area contributed by atoms with Crippen LogP contribution in [0.1, 0.15) is 22.8 Å². The van der Waals surface area contributed by atoms with Crippen molar-refractivity contribution in [1.82, 2.24) is 4.90 Å². The van der Waals surface area contributed by atoms with Crippen LogP contribution in [0.25, 0.3) is 0 Å². The molecule has 6 heteroatoms.